The number of halogens is 2. The number of amides is 2. The molecule has 0 fully saturated rings. The Bertz CT molecular complexity index is 1470. The Morgan fingerprint density at radius 1 is 0.929 bits per heavy atom. The Morgan fingerprint density at radius 2 is 1.60 bits per heavy atom. The van der Waals surface area contributed by atoms with Crippen LogP contribution in [0.25, 0.3) is 0 Å². The van der Waals surface area contributed by atoms with Gasteiger partial charge in [0.05, 0.1) is 22.0 Å². The molecular formula is C32H39Cl2N3O4S. The summed E-state index contributed by atoms with van der Waals surface area (Å²) in [4.78, 5) is 29.2. The standard InChI is InChI=1S/C32H39Cl2N3O4S/c1-5-24(3)35-32(39)30(21-25-13-7-6-8-14-25)36(22-26-17-18-27(33)28(34)20-26)31(38)16-11-19-37(42(4,40)41)29-15-10-9-12-23(29)2/h6-10,12-15,17-18,20,24,30H,5,11,16,19,21-22H2,1-4H3,(H,35,39)/t24-,30+/m0/s1. The Morgan fingerprint density at radius 3 is 2.21 bits per heavy atom. The molecule has 0 bridgehead atoms. The van der Waals surface area contributed by atoms with E-state index < -0.39 is 16.1 Å². The number of para-hydroxylation sites is 1. The number of anilines is 1. The molecule has 0 saturated heterocycles. The summed E-state index contributed by atoms with van der Waals surface area (Å²) in [5.41, 5.74) is 3.04. The molecule has 3 aromatic rings. The molecule has 42 heavy (non-hydrogen) atoms. The SMILES string of the molecule is CC[C@H](C)NC(=O)[C@@H](Cc1ccccc1)N(Cc1ccc(Cl)c(Cl)c1)C(=O)CCCN(c1ccccc1C)S(C)(=O)=O. The summed E-state index contributed by atoms with van der Waals surface area (Å²) < 4.78 is 26.7. The highest BCUT2D eigenvalue weighted by molar-refractivity contribution is 7.92. The van der Waals surface area contributed by atoms with Crippen LogP contribution in [0.2, 0.25) is 10.0 Å². The van der Waals surface area contributed by atoms with E-state index in [0.29, 0.717) is 22.2 Å². The van der Waals surface area contributed by atoms with Crippen LogP contribution >= 0.6 is 23.2 Å². The average molecular weight is 633 g/mol. The molecule has 0 heterocycles. The topological polar surface area (TPSA) is 86.8 Å². The highest BCUT2D eigenvalue weighted by Crippen LogP contribution is 2.26. The molecule has 0 radical (unpaired) electrons. The molecule has 2 amide bonds. The molecule has 0 saturated carbocycles. The Hall–Kier alpha value is -3.07. The van der Waals surface area contributed by atoms with Gasteiger partial charge in [0.2, 0.25) is 21.8 Å². The number of aryl methyl sites for hydroxylation is 1. The van der Waals surface area contributed by atoms with Gasteiger partial charge in [-0.05, 0) is 61.6 Å². The first kappa shape index (κ1) is 33.4. The van der Waals surface area contributed by atoms with Gasteiger partial charge in [-0.2, -0.15) is 0 Å². The molecule has 2 atom stereocenters. The minimum Gasteiger partial charge on any atom is -0.352 e. The number of carbonyl (C=O) groups is 2. The third-order valence-electron chi connectivity index (χ3n) is 7.15. The quantitative estimate of drug-likeness (QED) is 0.223. The fraction of sp³-hybridized carbons (Fsp3) is 0.375. The van der Waals surface area contributed by atoms with E-state index in [-0.39, 0.29) is 43.8 Å². The molecule has 3 aromatic carbocycles. The average Bonchev–Trinajstić information content (AvgIpc) is 2.95. The number of nitrogens with zero attached hydrogens (tertiary/aromatic N) is 2. The lowest BCUT2D eigenvalue weighted by atomic mass is 10.0. The molecule has 1 N–H and O–H groups in total. The largest absolute Gasteiger partial charge is 0.352 e. The molecule has 0 aromatic heterocycles. The molecular weight excluding hydrogens is 593 g/mol. The number of hydrogen-bond acceptors (Lipinski definition) is 4. The third-order valence-corrected chi connectivity index (χ3v) is 9.06. The van der Waals surface area contributed by atoms with Crippen molar-refractivity contribution in [3.05, 3.63) is 99.5 Å². The van der Waals surface area contributed by atoms with E-state index in [9.17, 15) is 18.0 Å². The van der Waals surface area contributed by atoms with Crippen LogP contribution in [0.15, 0.2) is 72.8 Å². The van der Waals surface area contributed by atoms with Gasteiger partial charge in [-0.1, -0.05) is 84.7 Å². The first-order chi connectivity index (χ1) is 19.9. The van der Waals surface area contributed by atoms with Crippen LogP contribution in [0.5, 0.6) is 0 Å². The van der Waals surface area contributed by atoms with E-state index >= 15 is 0 Å². The van der Waals surface area contributed by atoms with Gasteiger partial charge in [-0.15, -0.1) is 0 Å². The van der Waals surface area contributed by atoms with E-state index in [4.69, 9.17) is 23.2 Å². The van der Waals surface area contributed by atoms with E-state index in [0.717, 1.165) is 29.4 Å². The zero-order chi connectivity index (χ0) is 30.9. The number of benzene rings is 3. The predicted octanol–water partition coefficient (Wildman–Crippen LogP) is 6.40. The lowest BCUT2D eigenvalue weighted by molar-refractivity contribution is -0.141. The van der Waals surface area contributed by atoms with Crippen molar-refractivity contribution >= 4 is 50.7 Å². The maximum Gasteiger partial charge on any atom is 0.243 e. The number of sulfonamides is 1. The van der Waals surface area contributed by atoms with E-state index in [2.05, 4.69) is 5.32 Å². The van der Waals surface area contributed by atoms with Crippen molar-refractivity contribution in [2.75, 3.05) is 17.1 Å². The Kier molecular flexibility index (Phi) is 12.3. The Labute approximate surface area is 259 Å². The predicted molar refractivity (Wildman–Crippen MR) is 171 cm³/mol. The lowest BCUT2D eigenvalue weighted by Gasteiger charge is -2.33. The van der Waals surface area contributed by atoms with Crippen molar-refractivity contribution in [2.24, 2.45) is 0 Å². The number of nitrogens with one attached hydrogen (secondary N) is 1. The van der Waals surface area contributed by atoms with Crippen molar-refractivity contribution < 1.29 is 18.0 Å². The minimum atomic E-state index is -3.59. The van der Waals surface area contributed by atoms with Crippen LogP contribution in [0.1, 0.15) is 49.8 Å². The van der Waals surface area contributed by atoms with Crippen LogP contribution in [0.3, 0.4) is 0 Å². The van der Waals surface area contributed by atoms with Crippen LogP contribution in [-0.2, 0) is 32.6 Å². The first-order valence-electron chi connectivity index (χ1n) is 14.0. The van der Waals surface area contributed by atoms with Gasteiger partial charge >= 0.3 is 0 Å². The van der Waals surface area contributed by atoms with Gasteiger partial charge < -0.3 is 10.2 Å². The third kappa shape index (κ3) is 9.48. The summed E-state index contributed by atoms with van der Waals surface area (Å²) in [6.07, 6.45) is 2.52. The summed E-state index contributed by atoms with van der Waals surface area (Å²) in [5, 5.41) is 3.79. The molecule has 0 aliphatic carbocycles. The highest BCUT2D eigenvalue weighted by Gasteiger charge is 2.31. The first-order valence-corrected chi connectivity index (χ1v) is 16.6. The molecule has 3 rings (SSSR count). The molecule has 226 valence electrons. The van der Waals surface area contributed by atoms with Crippen molar-refractivity contribution in [3.8, 4) is 0 Å². The minimum absolute atomic E-state index is 0.0428. The van der Waals surface area contributed by atoms with Gasteiger partial charge in [0.25, 0.3) is 0 Å². The summed E-state index contributed by atoms with van der Waals surface area (Å²) in [6, 6.07) is 21.1. The number of carbonyl (C=O) groups excluding carboxylic acids is 2. The Balaban J connectivity index is 1.92. The van der Waals surface area contributed by atoms with E-state index in [1.54, 1.807) is 35.2 Å². The van der Waals surface area contributed by atoms with Crippen LogP contribution < -0.4 is 9.62 Å². The molecule has 0 spiro atoms. The van der Waals surface area contributed by atoms with Crippen molar-refractivity contribution in [3.63, 3.8) is 0 Å². The molecule has 7 nitrogen and oxygen atoms in total. The summed E-state index contributed by atoms with van der Waals surface area (Å²) in [5.74, 6) is -0.515. The van der Waals surface area contributed by atoms with Gasteiger partial charge in [0.15, 0.2) is 0 Å². The fourth-order valence-electron chi connectivity index (χ4n) is 4.66. The van der Waals surface area contributed by atoms with Gasteiger partial charge in [0.1, 0.15) is 6.04 Å². The second kappa shape index (κ2) is 15.4. The summed E-state index contributed by atoms with van der Waals surface area (Å²) >= 11 is 12.4. The van der Waals surface area contributed by atoms with Crippen molar-refractivity contribution in [1.29, 1.82) is 0 Å². The highest BCUT2D eigenvalue weighted by atomic mass is 35.5. The van der Waals surface area contributed by atoms with E-state index in [1.165, 1.54) is 4.31 Å². The second-order valence-corrected chi connectivity index (χ2v) is 13.2. The lowest BCUT2D eigenvalue weighted by Crippen LogP contribution is -2.52. The van der Waals surface area contributed by atoms with Gasteiger partial charge in [-0.25, -0.2) is 8.42 Å². The molecule has 0 aliphatic rings. The van der Waals surface area contributed by atoms with Crippen LogP contribution in [0.4, 0.5) is 5.69 Å². The smallest absolute Gasteiger partial charge is 0.243 e. The normalized spacial score (nSPS) is 12.8. The molecule has 0 unspecified atom stereocenters. The monoisotopic (exact) mass is 631 g/mol. The fourth-order valence-corrected chi connectivity index (χ4v) is 6.00. The molecule has 10 heteroatoms. The zero-order valence-corrected chi connectivity index (χ0v) is 26.8. The summed E-state index contributed by atoms with van der Waals surface area (Å²) in [6.45, 7) is 6.01. The molecule has 0 aliphatic heterocycles. The number of rotatable bonds is 14. The number of hydrogen-bond donors (Lipinski definition) is 1. The summed E-state index contributed by atoms with van der Waals surface area (Å²) in [7, 11) is -3.59. The maximum atomic E-state index is 13.9. The second-order valence-electron chi connectivity index (χ2n) is 10.5. The van der Waals surface area contributed by atoms with Crippen molar-refractivity contribution in [2.45, 2.75) is 65.1 Å². The van der Waals surface area contributed by atoms with Crippen molar-refractivity contribution in [1.82, 2.24) is 10.2 Å². The zero-order valence-electron chi connectivity index (χ0n) is 24.5. The van der Waals surface area contributed by atoms with Gasteiger partial charge in [-0.3, -0.25) is 13.9 Å². The maximum absolute atomic E-state index is 13.9. The van der Waals surface area contributed by atoms with Crippen LogP contribution in [0, 0.1) is 6.92 Å². The van der Waals surface area contributed by atoms with E-state index in [1.807, 2.05) is 63.2 Å². The van der Waals surface area contributed by atoms with Crippen LogP contribution in [-0.4, -0.2) is 50.0 Å². The van der Waals surface area contributed by atoms with Gasteiger partial charge in [0, 0.05) is 32.0 Å².